The molecule has 0 atom stereocenters. The predicted molar refractivity (Wildman–Crippen MR) is 130 cm³/mol. The van der Waals surface area contributed by atoms with Crippen LogP contribution in [0.15, 0.2) is 45.8 Å². The fourth-order valence-electron chi connectivity index (χ4n) is 2.92. The first-order valence-corrected chi connectivity index (χ1v) is 11.9. The number of methoxy groups -OCH3 is 1. The van der Waals surface area contributed by atoms with E-state index >= 15 is 0 Å². The molecule has 0 spiro atoms. The van der Waals surface area contributed by atoms with Gasteiger partial charge in [-0.25, -0.2) is 0 Å². The second-order valence-electron chi connectivity index (χ2n) is 7.26. The van der Waals surface area contributed by atoms with Gasteiger partial charge in [-0.15, -0.1) is 0 Å². The van der Waals surface area contributed by atoms with Crippen LogP contribution in [0, 0.1) is 0 Å². The number of ether oxygens (including phenoxy) is 3. The van der Waals surface area contributed by atoms with Gasteiger partial charge in [0.05, 0.1) is 23.1 Å². The fourth-order valence-corrected chi connectivity index (χ4v) is 4.29. The van der Waals surface area contributed by atoms with Crippen LogP contribution in [0.1, 0.15) is 25.0 Å². The molecule has 0 bridgehead atoms. The van der Waals surface area contributed by atoms with Crippen LogP contribution in [0.3, 0.4) is 0 Å². The van der Waals surface area contributed by atoms with Gasteiger partial charge >= 0.3 is 5.97 Å². The lowest BCUT2D eigenvalue weighted by Gasteiger charge is -2.14. The van der Waals surface area contributed by atoms with Gasteiger partial charge in [0.25, 0.3) is 11.1 Å². The largest absolute Gasteiger partial charge is 0.493 e. The summed E-state index contributed by atoms with van der Waals surface area (Å²) in [5.74, 6) is -0.476. The standard InChI is InChI=1S/C23H21BrClNO6S/c1-13(2)32-20(27)11-26-22(28)19(33-23(26)29)10-15-8-17(25)21(18(9-15)30-3)31-12-14-4-6-16(24)7-5-14/h4-10,13H,11-12H2,1-3H3/b19-10-. The number of hydrogen-bond donors (Lipinski definition) is 0. The summed E-state index contributed by atoms with van der Waals surface area (Å²) in [7, 11) is 1.48. The van der Waals surface area contributed by atoms with Gasteiger partial charge in [0.15, 0.2) is 11.5 Å². The molecule has 1 aliphatic rings. The maximum atomic E-state index is 12.6. The quantitative estimate of drug-likeness (QED) is 0.307. The van der Waals surface area contributed by atoms with Crippen molar-refractivity contribution in [3.63, 3.8) is 0 Å². The Kier molecular flexibility index (Phi) is 8.45. The first-order chi connectivity index (χ1) is 15.7. The van der Waals surface area contributed by atoms with Crippen LogP contribution in [-0.2, 0) is 20.9 Å². The molecule has 1 heterocycles. The van der Waals surface area contributed by atoms with Crippen molar-refractivity contribution in [1.82, 2.24) is 4.90 Å². The van der Waals surface area contributed by atoms with E-state index in [4.69, 9.17) is 25.8 Å². The minimum absolute atomic E-state index is 0.166. The van der Waals surface area contributed by atoms with Crippen LogP contribution in [0.25, 0.3) is 6.08 Å². The van der Waals surface area contributed by atoms with Crippen LogP contribution < -0.4 is 9.47 Å². The molecule has 2 aromatic rings. The van der Waals surface area contributed by atoms with Crippen LogP contribution >= 0.6 is 39.3 Å². The van der Waals surface area contributed by atoms with E-state index in [-0.39, 0.29) is 22.6 Å². The molecule has 0 aliphatic carbocycles. The number of rotatable bonds is 8. The first kappa shape index (κ1) is 25.1. The third kappa shape index (κ3) is 6.52. The zero-order chi connectivity index (χ0) is 24.1. The fraction of sp³-hybridized carbons (Fsp3) is 0.261. The van der Waals surface area contributed by atoms with Gasteiger partial charge in [0.2, 0.25) is 0 Å². The molecular formula is C23H21BrClNO6S. The number of imide groups is 1. The number of amides is 2. The Morgan fingerprint density at radius 1 is 1.21 bits per heavy atom. The summed E-state index contributed by atoms with van der Waals surface area (Å²) in [5, 5.41) is -0.253. The minimum Gasteiger partial charge on any atom is -0.493 e. The van der Waals surface area contributed by atoms with Gasteiger partial charge in [-0.2, -0.15) is 0 Å². The van der Waals surface area contributed by atoms with E-state index in [0.717, 1.165) is 26.7 Å². The normalized spacial score (nSPS) is 14.8. The number of carbonyl (C=O) groups excluding carboxylic acids is 3. The average molecular weight is 555 g/mol. The lowest BCUT2D eigenvalue weighted by molar-refractivity contribution is -0.149. The Morgan fingerprint density at radius 3 is 2.55 bits per heavy atom. The van der Waals surface area contributed by atoms with Crippen LogP contribution in [0.4, 0.5) is 4.79 Å². The zero-order valence-electron chi connectivity index (χ0n) is 18.1. The van der Waals surface area contributed by atoms with Crippen LogP contribution in [-0.4, -0.2) is 41.8 Å². The van der Waals surface area contributed by atoms with Crippen molar-refractivity contribution in [2.75, 3.05) is 13.7 Å². The molecule has 0 unspecified atom stereocenters. The Balaban J connectivity index is 1.77. The van der Waals surface area contributed by atoms with E-state index in [1.165, 1.54) is 13.2 Å². The Morgan fingerprint density at radius 2 is 1.91 bits per heavy atom. The number of nitrogens with zero attached hydrogens (tertiary/aromatic N) is 1. The number of benzene rings is 2. The molecule has 1 fully saturated rings. The lowest BCUT2D eigenvalue weighted by Crippen LogP contribution is -2.35. The molecular weight excluding hydrogens is 534 g/mol. The van der Waals surface area contributed by atoms with Crippen molar-refractivity contribution >= 4 is 62.5 Å². The molecule has 2 aromatic carbocycles. The summed E-state index contributed by atoms with van der Waals surface area (Å²) in [6.45, 7) is 3.23. The molecule has 0 N–H and O–H groups in total. The lowest BCUT2D eigenvalue weighted by atomic mass is 10.1. The Labute approximate surface area is 209 Å². The summed E-state index contributed by atoms with van der Waals surface area (Å²) in [4.78, 5) is 37.8. The summed E-state index contributed by atoms with van der Waals surface area (Å²) in [6, 6.07) is 10.9. The molecule has 0 aromatic heterocycles. The Bertz CT molecular complexity index is 1100. The molecule has 0 radical (unpaired) electrons. The number of esters is 1. The second-order valence-corrected chi connectivity index (χ2v) is 9.57. The summed E-state index contributed by atoms with van der Waals surface area (Å²) in [6.07, 6.45) is 1.18. The molecule has 10 heteroatoms. The van der Waals surface area contributed by atoms with Gasteiger partial charge in [0.1, 0.15) is 13.2 Å². The number of thioether (sulfide) groups is 1. The topological polar surface area (TPSA) is 82.1 Å². The van der Waals surface area contributed by atoms with Gasteiger partial charge in [-0.1, -0.05) is 39.7 Å². The highest BCUT2D eigenvalue weighted by Crippen LogP contribution is 2.39. The van der Waals surface area contributed by atoms with E-state index in [1.54, 1.807) is 26.0 Å². The van der Waals surface area contributed by atoms with Gasteiger partial charge < -0.3 is 14.2 Å². The molecule has 174 valence electrons. The molecule has 1 saturated heterocycles. The van der Waals surface area contributed by atoms with Crippen molar-refractivity contribution in [2.45, 2.75) is 26.6 Å². The third-order valence-corrected chi connectivity index (χ3v) is 6.09. The molecule has 7 nitrogen and oxygen atoms in total. The average Bonchev–Trinajstić information content (AvgIpc) is 3.00. The minimum atomic E-state index is -0.648. The molecule has 1 aliphatic heterocycles. The maximum absolute atomic E-state index is 12.6. The molecule has 3 rings (SSSR count). The highest BCUT2D eigenvalue weighted by Gasteiger charge is 2.36. The molecule has 2 amide bonds. The summed E-state index contributed by atoms with van der Waals surface area (Å²) < 4.78 is 17.3. The van der Waals surface area contributed by atoms with E-state index < -0.39 is 23.7 Å². The third-order valence-electron chi connectivity index (χ3n) is 4.37. The predicted octanol–water partition coefficient (Wildman–Crippen LogP) is 5.68. The van der Waals surface area contributed by atoms with E-state index in [2.05, 4.69) is 15.9 Å². The molecule has 0 saturated carbocycles. The van der Waals surface area contributed by atoms with E-state index in [0.29, 0.717) is 17.1 Å². The Hall–Kier alpha value is -2.49. The summed E-state index contributed by atoms with van der Waals surface area (Å²) in [5.41, 5.74) is 1.49. The highest BCUT2D eigenvalue weighted by molar-refractivity contribution is 9.10. The SMILES string of the molecule is COc1cc(/C=C2\SC(=O)N(CC(=O)OC(C)C)C2=O)cc(Cl)c1OCc1ccc(Br)cc1. The first-order valence-electron chi connectivity index (χ1n) is 9.87. The number of halogens is 2. The monoisotopic (exact) mass is 553 g/mol. The number of carbonyl (C=O) groups is 3. The number of hydrogen-bond acceptors (Lipinski definition) is 7. The van der Waals surface area contributed by atoms with Crippen molar-refractivity contribution in [3.05, 3.63) is 61.9 Å². The van der Waals surface area contributed by atoms with Gasteiger partial charge in [0, 0.05) is 4.47 Å². The summed E-state index contributed by atoms with van der Waals surface area (Å²) >= 11 is 10.6. The highest BCUT2D eigenvalue weighted by atomic mass is 79.9. The maximum Gasteiger partial charge on any atom is 0.326 e. The second kappa shape index (κ2) is 11.1. The van der Waals surface area contributed by atoms with Crippen molar-refractivity contribution in [3.8, 4) is 11.5 Å². The van der Waals surface area contributed by atoms with Crippen LogP contribution in [0.5, 0.6) is 11.5 Å². The van der Waals surface area contributed by atoms with E-state index in [1.807, 2.05) is 24.3 Å². The van der Waals surface area contributed by atoms with E-state index in [9.17, 15) is 14.4 Å². The van der Waals surface area contributed by atoms with Crippen molar-refractivity contribution in [1.29, 1.82) is 0 Å². The van der Waals surface area contributed by atoms with Crippen molar-refractivity contribution < 1.29 is 28.6 Å². The van der Waals surface area contributed by atoms with Crippen LogP contribution in [0.2, 0.25) is 5.02 Å². The van der Waals surface area contributed by atoms with Gasteiger partial charge in [-0.05, 0) is 67.1 Å². The smallest absolute Gasteiger partial charge is 0.326 e. The molecule has 33 heavy (non-hydrogen) atoms. The zero-order valence-corrected chi connectivity index (χ0v) is 21.3. The van der Waals surface area contributed by atoms with Crippen molar-refractivity contribution in [2.24, 2.45) is 0 Å². The van der Waals surface area contributed by atoms with Gasteiger partial charge in [-0.3, -0.25) is 19.3 Å².